The molecule has 0 N–H and O–H groups in total. The lowest BCUT2D eigenvalue weighted by Crippen LogP contribution is -2.28. The first-order valence-corrected chi connectivity index (χ1v) is 21.1. The number of hydrogen-bond donors (Lipinski definition) is 0. The molecule has 9 aromatic carbocycles. The molecule has 282 valence electrons. The van der Waals surface area contributed by atoms with Crippen LogP contribution in [0.1, 0.15) is 60.1 Å². The molecule has 0 heterocycles. The Kier molecular flexibility index (Phi) is 8.27. The van der Waals surface area contributed by atoms with Crippen LogP contribution in [0.25, 0.3) is 44.2 Å². The number of nitrogens with zero attached hydrogens (tertiary/aromatic N) is 1. The monoisotopic (exact) mass is 755 g/mol. The van der Waals surface area contributed by atoms with E-state index >= 15 is 0 Å². The summed E-state index contributed by atoms with van der Waals surface area (Å²) in [7, 11) is 0. The Balaban J connectivity index is 1.18. The second kappa shape index (κ2) is 13.9. The van der Waals surface area contributed by atoms with Crippen molar-refractivity contribution in [3.63, 3.8) is 0 Å². The lowest BCUT2D eigenvalue weighted by atomic mass is 9.68. The van der Waals surface area contributed by atoms with Crippen LogP contribution in [0.2, 0.25) is 0 Å². The molecule has 0 atom stereocenters. The fourth-order valence-corrected chi connectivity index (χ4v) is 10.9. The highest BCUT2D eigenvalue weighted by molar-refractivity contribution is 5.97. The zero-order valence-corrected chi connectivity index (χ0v) is 33.6. The Morgan fingerprint density at radius 3 is 1.47 bits per heavy atom. The van der Waals surface area contributed by atoms with Crippen molar-refractivity contribution in [3.05, 3.63) is 246 Å². The maximum absolute atomic E-state index is 2.51. The Labute approximate surface area is 347 Å². The Morgan fingerprint density at radius 1 is 0.356 bits per heavy atom. The van der Waals surface area contributed by atoms with Crippen LogP contribution in [0.15, 0.2) is 212 Å². The smallest absolute Gasteiger partial charge is 0.0713 e. The van der Waals surface area contributed by atoms with E-state index in [0.29, 0.717) is 0 Å². The molecule has 1 nitrogen and oxygen atoms in total. The fourth-order valence-electron chi connectivity index (χ4n) is 10.9. The van der Waals surface area contributed by atoms with E-state index in [0.717, 1.165) is 29.9 Å². The summed E-state index contributed by atoms with van der Waals surface area (Å²) in [5.74, 6) is 0. The molecule has 0 saturated carbocycles. The van der Waals surface area contributed by atoms with Crippen molar-refractivity contribution in [3.8, 4) is 33.4 Å². The Bertz CT molecular complexity index is 2970. The van der Waals surface area contributed by atoms with Crippen LogP contribution >= 0.6 is 0 Å². The van der Waals surface area contributed by atoms with E-state index in [1.165, 1.54) is 77.5 Å². The SMILES string of the molecule is CCC1(CC)c2ccc(N(c3ccc4c(c3)-c3ccccc3C4(c3ccccc3)c3ccccc3)c3ccccc3-c3ccccc3)cc2-c2cc3ccccc3cc21. The molecule has 0 fully saturated rings. The number of fused-ring (bicyclic) bond motifs is 7. The zero-order valence-electron chi connectivity index (χ0n) is 33.6. The van der Waals surface area contributed by atoms with Gasteiger partial charge in [-0.05, 0) is 127 Å². The molecule has 2 aliphatic rings. The lowest BCUT2D eigenvalue weighted by molar-refractivity contribution is 0.491. The number of hydrogen-bond acceptors (Lipinski definition) is 1. The average molecular weight is 756 g/mol. The molecule has 2 aliphatic carbocycles. The summed E-state index contributed by atoms with van der Waals surface area (Å²) in [4.78, 5) is 2.51. The minimum absolute atomic E-state index is 0.0323. The van der Waals surface area contributed by atoms with Crippen LogP contribution in [0.4, 0.5) is 17.1 Å². The van der Waals surface area contributed by atoms with Gasteiger partial charge in [-0.2, -0.15) is 0 Å². The molecule has 9 aromatic rings. The summed E-state index contributed by atoms with van der Waals surface area (Å²) in [6.45, 7) is 4.72. The van der Waals surface area contributed by atoms with E-state index in [4.69, 9.17) is 0 Å². The van der Waals surface area contributed by atoms with Crippen LogP contribution in [0.5, 0.6) is 0 Å². The highest BCUT2D eigenvalue weighted by atomic mass is 15.1. The molecular weight excluding hydrogens is 711 g/mol. The van der Waals surface area contributed by atoms with Gasteiger partial charge in [-0.15, -0.1) is 0 Å². The summed E-state index contributed by atoms with van der Waals surface area (Å²) < 4.78 is 0. The van der Waals surface area contributed by atoms with E-state index in [1.54, 1.807) is 0 Å². The van der Waals surface area contributed by atoms with Gasteiger partial charge in [0.15, 0.2) is 0 Å². The second-order valence-corrected chi connectivity index (χ2v) is 16.2. The number of rotatable bonds is 8. The van der Waals surface area contributed by atoms with E-state index in [-0.39, 0.29) is 5.41 Å². The van der Waals surface area contributed by atoms with Crippen LogP contribution in [-0.4, -0.2) is 0 Å². The van der Waals surface area contributed by atoms with E-state index in [9.17, 15) is 0 Å². The summed E-state index contributed by atoms with van der Waals surface area (Å²) in [5.41, 5.74) is 18.6. The van der Waals surface area contributed by atoms with Crippen molar-refractivity contribution in [2.45, 2.75) is 37.5 Å². The molecule has 1 heteroatoms. The van der Waals surface area contributed by atoms with Crippen molar-refractivity contribution < 1.29 is 0 Å². The standard InChI is InChI=1S/C58H45N/c1-3-57(4-2)52-34-32-45(39-51(52)49-36-41-22-14-15-23-42(41)37-55(49)57)59(56-31-19-17-28-47(56)40-20-8-5-9-21-40)46-33-35-54-50(38-46)48-29-16-18-30-53(48)58(54,43-24-10-6-11-25-43)44-26-12-7-13-27-44/h5-39H,3-4H2,1-2H3. The Hall–Kier alpha value is -6.96. The molecule has 0 radical (unpaired) electrons. The maximum Gasteiger partial charge on any atom is 0.0713 e. The minimum Gasteiger partial charge on any atom is -0.310 e. The normalized spacial score (nSPS) is 14.0. The predicted molar refractivity (Wildman–Crippen MR) is 248 cm³/mol. The van der Waals surface area contributed by atoms with Gasteiger partial charge < -0.3 is 4.90 Å². The lowest BCUT2D eigenvalue weighted by Gasteiger charge is -2.34. The molecule has 11 rings (SSSR count). The first-order chi connectivity index (χ1) is 29.2. The number of para-hydroxylation sites is 1. The van der Waals surface area contributed by atoms with Gasteiger partial charge in [-0.3, -0.25) is 0 Å². The van der Waals surface area contributed by atoms with Gasteiger partial charge in [0.05, 0.1) is 11.1 Å². The summed E-state index contributed by atoms with van der Waals surface area (Å²) >= 11 is 0. The van der Waals surface area contributed by atoms with Crippen LogP contribution < -0.4 is 4.90 Å². The summed E-state index contributed by atoms with van der Waals surface area (Å²) in [6.07, 6.45) is 2.10. The zero-order chi connectivity index (χ0) is 39.6. The summed E-state index contributed by atoms with van der Waals surface area (Å²) in [5, 5.41) is 2.60. The van der Waals surface area contributed by atoms with Crippen molar-refractivity contribution in [1.82, 2.24) is 0 Å². The summed E-state index contributed by atoms with van der Waals surface area (Å²) in [6, 6.07) is 79.3. The average Bonchev–Trinajstić information content (AvgIpc) is 3.76. The molecule has 0 amide bonds. The first-order valence-electron chi connectivity index (χ1n) is 21.1. The second-order valence-electron chi connectivity index (χ2n) is 16.2. The van der Waals surface area contributed by atoms with Gasteiger partial charge in [0, 0.05) is 22.4 Å². The van der Waals surface area contributed by atoms with Crippen molar-refractivity contribution in [2.75, 3.05) is 4.90 Å². The van der Waals surface area contributed by atoms with E-state index in [2.05, 4.69) is 231 Å². The van der Waals surface area contributed by atoms with Gasteiger partial charge in [0.1, 0.15) is 0 Å². The van der Waals surface area contributed by atoms with Crippen molar-refractivity contribution in [1.29, 1.82) is 0 Å². The first kappa shape index (κ1) is 35.2. The molecule has 0 bridgehead atoms. The van der Waals surface area contributed by atoms with Gasteiger partial charge in [0.25, 0.3) is 0 Å². The molecule has 0 aliphatic heterocycles. The minimum atomic E-state index is -0.455. The van der Waals surface area contributed by atoms with Crippen molar-refractivity contribution in [2.24, 2.45) is 0 Å². The van der Waals surface area contributed by atoms with Gasteiger partial charge >= 0.3 is 0 Å². The van der Waals surface area contributed by atoms with Crippen molar-refractivity contribution >= 4 is 27.8 Å². The third-order valence-electron chi connectivity index (χ3n) is 13.6. The molecule has 0 unspecified atom stereocenters. The highest BCUT2D eigenvalue weighted by Gasteiger charge is 2.46. The molecule has 0 saturated heterocycles. The predicted octanol–water partition coefficient (Wildman–Crippen LogP) is 15.4. The van der Waals surface area contributed by atoms with Gasteiger partial charge in [-0.1, -0.05) is 184 Å². The van der Waals surface area contributed by atoms with Crippen LogP contribution in [-0.2, 0) is 10.8 Å². The largest absolute Gasteiger partial charge is 0.310 e. The van der Waals surface area contributed by atoms with E-state index in [1.807, 2.05) is 0 Å². The number of benzene rings is 9. The van der Waals surface area contributed by atoms with Crippen LogP contribution in [0.3, 0.4) is 0 Å². The molecule has 0 aromatic heterocycles. The maximum atomic E-state index is 2.51. The molecule has 0 spiro atoms. The molecular formula is C58H45N. The fraction of sp³-hybridized carbons (Fsp3) is 0.103. The third kappa shape index (κ3) is 5.17. The van der Waals surface area contributed by atoms with E-state index < -0.39 is 5.41 Å². The quantitative estimate of drug-likeness (QED) is 0.149. The third-order valence-corrected chi connectivity index (χ3v) is 13.6. The molecule has 59 heavy (non-hydrogen) atoms. The topological polar surface area (TPSA) is 3.24 Å². The highest BCUT2D eigenvalue weighted by Crippen LogP contribution is 2.59. The van der Waals surface area contributed by atoms with Gasteiger partial charge in [0.2, 0.25) is 0 Å². The van der Waals surface area contributed by atoms with Crippen LogP contribution in [0, 0.1) is 0 Å². The van der Waals surface area contributed by atoms with Gasteiger partial charge in [-0.25, -0.2) is 0 Å². The number of anilines is 3. The Morgan fingerprint density at radius 2 is 0.831 bits per heavy atom.